The minimum Gasteiger partial charge on any atom is -0.385 e. The minimum absolute atomic E-state index is 0.394. The zero-order valence-corrected chi connectivity index (χ0v) is 14.0. The number of aryl methyl sites for hydroxylation is 1. The van der Waals surface area contributed by atoms with Gasteiger partial charge in [0, 0.05) is 19.4 Å². The molecule has 1 unspecified atom stereocenters. The molecule has 20 heavy (non-hydrogen) atoms. The van der Waals surface area contributed by atoms with Crippen molar-refractivity contribution in [2.24, 2.45) is 5.92 Å². The Morgan fingerprint density at radius 2 is 1.95 bits per heavy atom. The van der Waals surface area contributed by atoms with E-state index in [1.54, 1.807) is 7.11 Å². The van der Waals surface area contributed by atoms with Crippen molar-refractivity contribution < 1.29 is 4.74 Å². The Kier molecular flexibility index (Phi) is 7.24. The van der Waals surface area contributed by atoms with Gasteiger partial charge in [0.15, 0.2) is 0 Å². The molecule has 0 fully saturated rings. The molecule has 1 heterocycles. The fourth-order valence-corrected chi connectivity index (χ4v) is 2.50. The van der Waals surface area contributed by atoms with E-state index in [9.17, 15) is 0 Å². The van der Waals surface area contributed by atoms with Crippen molar-refractivity contribution in [3.05, 3.63) is 17.0 Å². The molecule has 1 aromatic rings. The molecule has 0 aliphatic rings. The average molecular weight is 281 g/mol. The molecule has 0 saturated carbocycles. The number of ether oxygens (including phenoxy) is 1. The van der Waals surface area contributed by atoms with Crippen LogP contribution >= 0.6 is 0 Å². The lowest BCUT2D eigenvalue weighted by Gasteiger charge is -2.14. The van der Waals surface area contributed by atoms with Crippen LogP contribution in [0.3, 0.4) is 0 Å². The highest BCUT2D eigenvalue weighted by atomic mass is 16.5. The van der Waals surface area contributed by atoms with Gasteiger partial charge in [0.2, 0.25) is 0 Å². The van der Waals surface area contributed by atoms with E-state index in [-0.39, 0.29) is 0 Å². The van der Waals surface area contributed by atoms with Crippen molar-refractivity contribution in [2.75, 3.05) is 26.8 Å². The van der Waals surface area contributed by atoms with Gasteiger partial charge in [-0.1, -0.05) is 13.8 Å². The predicted molar refractivity (Wildman–Crippen MR) is 84.3 cm³/mol. The van der Waals surface area contributed by atoms with E-state index >= 15 is 0 Å². The fraction of sp³-hybridized carbons (Fsp3) is 0.812. The molecule has 0 amide bonds. The second-order valence-corrected chi connectivity index (χ2v) is 6.07. The van der Waals surface area contributed by atoms with E-state index in [2.05, 4.69) is 44.6 Å². The van der Waals surface area contributed by atoms with Crippen LogP contribution in [0.25, 0.3) is 0 Å². The van der Waals surface area contributed by atoms with E-state index in [1.807, 2.05) is 0 Å². The van der Waals surface area contributed by atoms with Crippen molar-refractivity contribution in [3.63, 3.8) is 0 Å². The molecule has 0 aliphatic heterocycles. The van der Waals surface area contributed by atoms with Gasteiger partial charge in [0.1, 0.15) is 0 Å². The Balaban J connectivity index is 2.61. The van der Waals surface area contributed by atoms with Crippen LogP contribution in [-0.4, -0.2) is 36.6 Å². The molecule has 4 nitrogen and oxygen atoms in total. The number of rotatable bonds is 9. The first-order valence-electron chi connectivity index (χ1n) is 7.71. The van der Waals surface area contributed by atoms with Crippen LogP contribution in [0, 0.1) is 19.8 Å². The van der Waals surface area contributed by atoms with Gasteiger partial charge in [0.05, 0.1) is 11.7 Å². The molecule has 116 valence electrons. The number of nitrogens with one attached hydrogen (secondary N) is 1. The van der Waals surface area contributed by atoms with Crippen molar-refractivity contribution >= 4 is 0 Å². The largest absolute Gasteiger partial charge is 0.385 e. The van der Waals surface area contributed by atoms with Gasteiger partial charge in [-0.05, 0) is 58.2 Å². The molecule has 0 aromatic carbocycles. The number of hydrogen-bond acceptors (Lipinski definition) is 3. The first-order valence-corrected chi connectivity index (χ1v) is 7.71. The third kappa shape index (κ3) is 4.91. The maximum absolute atomic E-state index is 5.16. The van der Waals surface area contributed by atoms with Crippen molar-refractivity contribution in [1.82, 2.24) is 15.1 Å². The quantitative estimate of drug-likeness (QED) is 0.707. The predicted octanol–water partition coefficient (Wildman–Crippen LogP) is 2.89. The number of methoxy groups -OCH3 is 1. The monoisotopic (exact) mass is 281 g/mol. The highest BCUT2D eigenvalue weighted by molar-refractivity contribution is 5.25. The molecule has 0 saturated heterocycles. The Morgan fingerprint density at radius 3 is 2.55 bits per heavy atom. The zero-order chi connectivity index (χ0) is 15.1. The van der Waals surface area contributed by atoms with Crippen molar-refractivity contribution in [2.45, 2.75) is 53.5 Å². The summed E-state index contributed by atoms with van der Waals surface area (Å²) in [6, 6.07) is 0.394. The van der Waals surface area contributed by atoms with E-state index in [1.165, 1.54) is 11.3 Å². The lowest BCUT2D eigenvalue weighted by atomic mass is 10.1. The summed E-state index contributed by atoms with van der Waals surface area (Å²) < 4.78 is 7.32. The molecule has 0 radical (unpaired) electrons. The van der Waals surface area contributed by atoms with Crippen molar-refractivity contribution in [1.29, 1.82) is 0 Å². The highest BCUT2D eigenvalue weighted by Crippen LogP contribution is 2.19. The molecule has 1 atom stereocenters. The molecule has 0 spiro atoms. The van der Waals surface area contributed by atoms with E-state index in [4.69, 9.17) is 9.84 Å². The molecule has 1 aromatic heterocycles. The van der Waals surface area contributed by atoms with E-state index in [0.717, 1.165) is 38.2 Å². The number of nitrogens with zero attached hydrogens (tertiary/aromatic N) is 2. The third-order valence-electron chi connectivity index (χ3n) is 3.74. The Morgan fingerprint density at radius 1 is 1.25 bits per heavy atom. The third-order valence-corrected chi connectivity index (χ3v) is 3.74. The van der Waals surface area contributed by atoms with Gasteiger partial charge in [-0.3, -0.25) is 4.68 Å². The Bertz CT molecular complexity index is 399. The summed E-state index contributed by atoms with van der Waals surface area (Å²) in [6.07, 6.45) is 2.06. The van der Waals surface area contributed by atoms with Gasteiger partial charge in [-0.25, -0.2) is 0 Å². The van der Waals surface area contributed by atoms with Crippen molar-refractivity contribution in [3.8, 4) is 0 Å². The lowest BCUT2D eigenvalue weighted by Crippen LogP contribution is -2.22. The summed E-state index contributed by atoms with van der Waals surface area (Å²) >= 11 is 0. The Hall–Kier alpha value is -0.870. The molecule has 1 N–H and O–H groups in total. The van der Waals surface area contributed by atoms with Crippen LogP contribution in [0.4, 0.5) is 0 Å². The maximum atomic E-state index is 5.16. The van der Waals surface area contributed by atoms with Crippen LogP contribution in [0.1, 0.15) is 50.2 Å². The summed E-state index contributed by atoms with van der Waals surface area (Å²) in [5, 5.41) is 8.21. The molecule has 0 aliphatic carbocycles. The smallest absolute Gasteiger partial charge is 0.0629 e. The SMILES string of the molecule is COCCC(C)n1nc(C)c(CCNCC(C)C)c1C. The minimum atomic E-state index is 0.394. The van der Waals surface area contributed by atoms with E-state index < -0.39 is 0 Å². The highest BCUT2D eigenvalue weighted by Gasteiger charge is 2.15. The number of aromatic nitrogens is 2. The summed E-state index contributed by atoms with van der Waals surface area (Å²) in [5.41, 5.74) is 3.86. The van der Waals surface area contributed by atoms with Gasteiger partial charge >= 0.3 is 0 Å². The molecular formula is C16H31N3O. The van der Waals surface area contributed by atoms with Gasteiger partial charge in [-0.15, -0.1) is 0 Å². The standard InChI is InChI=1S/C16H31N3O/c1-12(2)11-17-9-7-16-14(4)18-19(15(16)5)13(3)8-10-20-6/h12-13,17H,7-11H2,1-6H3. The normalized spacial score (nSPS) is 13.2. The summed E-state index contributed by atoms with van der Waals surface area (Å²) in [6.45, 7) is 13.9. The summed E-state index contributed by atoms with van der Waals surface area (Å²) in [5.74, 6) is 0.703. The Labute approximate surface area is 123 Å². The summed E-state index contributed by atoms with van der Waals surface area (Å²) in [7, 11) is 1.75. The zero-order valence-electron chi connectivity index (χ0n) is 14.0. The van der Waals surface area contributed by atoms with Crippen LogP contribution < -0.4 is 5.32 Å². The van der Waals surface area contributed by atoms with Crippen LogP contribution in [-0.2, 0) is 11.2 Å². The average Bonchev–Trinajstić information content (AvgIpc) is 2.68. The van der Waals surface area contributed by atoms with Gasteiger partial charge < -0.3 is 10.1 Å². The maximum Gasteiger partial charge on any atom is 0.0629 e. The fourth-order valence-electron chi connectivity index (χ4n) is 2.50. The lowest BCUT2D eigenvalue weighted by molar-refractivity contribution is 0.178. The van der Waals surface area contributed by atoms with E-state index in [0.29, 0.717) is 12.0 Å². The molecule has 0 bridgehead atoms. The van der Waals surface area contributed by atoms with Crippen LogP contribution in [0.2, 0.25) is 0 Å². The molecular weight excluding hydrogens is 250 g/mol. The van der Waals surface area contributed by atoms with Gasteiger partial charge in [0.25, 0.3) is 0 Å². The molecule has 1 rings (SSSR count). The first kappa shape index (κ1) is 17.2. The van der Waals surface area contributed by atoms with Gasteiger partial charge in [-0.2, -0.15) is 5.10 Å². The van der Waals surface area contributed by atoms with Crippen LogP contribution in [0.5, 0.6) is 0 Å². The number of hydrogen-bond donors (Lipinski definition) is 1. The second-order valence-electron chi connectivity index (χ2n) is 6.07. The van der Waals surface area contributed by atoms with Crippen LogP contribution in [0.15, 0.2) is 0 Å². The topological polar surface area (TPSA) is 39.1 Å². The first-order chi connectivity index (χ1) is 9.47. The molecule has 4 heteroatoms. The second kappa shape index (κ2) is 8.42. The summed E-state index contributed by atoms with van der Waals surface area (Å²) in [4.78, 5) is 0.